The molecule has 1 aromatic rings. The summed E-state index contributed by atoms with van der Waals surface area (Å²) in [4.78, 5) is 10.9. The van der Waals surface area contributed by atoms with Gasteiger partial charge in [0, 0.05) is 16.5 Å². The molecule has 2 unspecified atom stereocenters. The van der Waals surface area contributed by atoms with Crippen molar-refractivity contribution in [2.24, 2.45) is 5.92 Å². The van der Waals surface area contributed by atoms with Crippen LogP contribution in [0.15, 0.2) is 18.2 Å². The Bertz CT molecular complexity index is 391. The van der Waals surface area contributed by atoms with Crippen molar-refractivity contribution in [2.45, 2.75) is 32.0 Å². The van der Waals surface area contributed by atoms with E-state index in [4.69, 9.17) is 0 Å². The molecule has 0 aliphatic rings. The van der Waals surface area contributed by atoms with E-state index in [0.717, 1.165) is 17.5 Å². The molecule has 2 atom stereocenters. The number of benzene rings is 1. The molecule has 0 bridgehead atoms. The van der Waals surface area contributed by atoms with Crippen LogP contribution in [-0.2, 0) is 6.42 Å². The maximum Gasteiger partial charge on any atom is 0.272 e. The van der Waals surface area contributed by atoms with Crippen LogP contribution in [0.4, 0.5) is 5.69 Å². The molecule has 3 nitrogen and oxygen atoms in total. The molecule has 0 aliphatic heterocycles. The summed E-state index contributed by atoms with van der Waals surface area (Å²) >= 11 is 3.54. The van der Waals surface area contributed by atoms with Crippen molar-refractivity contribution in [3.8, 4) is 0 Å². The molecule has 0 aromatic heterocycles. The number of nitro groups is 1. The fraction of sp³-hybridized carbons (Fsp3) is 0.500. The average molecular weight is 286 g/mol. The summed E-state index contributed by atoms with van der Waals surface area (Å²) in [5.74, 6) is 0.459. The topological polar surface area (TPSA) is 43.1 Å². The third-order valence-electron chi connectivity index (χ3n) is 2.94. The molecule has 16 heavy (non-hydrogen) atoms. The highest BCUT2D eigenvalue weighted by molar-refractivity contribution is 9.09. The molecule has 1 rings (SSSR count). The Hall–Kier alpha value is -0.900. The summed E-state index contributed by atoms with van der Waals surface area (Å²) in [6.07, 6.45) is 0.861. The van der Waals surface area contributed by atoms with E-state index < -0.39 is 0 Å². The van der Waals surface area contributed by atoms with Gasteiger partial charge in [-0.25, -0.2) is 0 Å². The second kappa shape index (κ2) is 5.43. The first-order valence-corrected chi connectivity index (χ1v) is 6.22. The lowest BCUT2D eigenvalue weighted by Gasteiger charge is -2.15. The molecule has 88 valence electrons. The molecule has 0 radical (unpaired) electrons. The first-order valence-electron chi connectivity index (χ1n) is 5.30. The standard InChI is InChI=1S/C12H16BrNO2/c1-8(10(3)13)7-11-5-4-6-12(9(11)2)14(15)16/h4-6,8,10H,7H2,1-3H3. The molecule has 0 spiro atoms. The Balaban J connectivity index is 2.98. The molecule has 0 amide bonds. The smallest absolute Gasteiger partial charge is 0.258 e. The summed E-state index contributed by atoms with van der Waals surface area (Å²) in [5.41, 5.74) is 2.06. The van der Waals surface area contributed by atoms with Crippen molar-refractivity contribution in [3.63, 3.8) is 0 Å². The minimum atomic E-state index is -0.318. The second-order valence-electron chi connectivity index (χ2n) is 4.18. The predicted molar refractivity (Wildman–Crippen MR) is 69.1 cm³/mol. The van der Waals surface area contributed by atoms with Crippen LogP contribution in [0.2, 0.25) is 0 Å². The van der Waals surface area contributed by atoms with Gasteiger partial charge in [-0.1, -0.05) is 41.9 Å². The van der Waals surface area contributed by atoms with Gasteiger partial charge in [0.1, 0.15) is 0 Å². The van der Waals surface area contributed by atoms with E-state index >= 15 is 0 Å². The van der Waals surface area contributed by atoms with Gasteiger partial charge < -0.3 is 0 Å². The fourth-order valence-electron chi connectivity index (χ4n) is 1.60. The molecule has 4 heteroatoms. The SMILES string of the molecule is Cc1c(CC(C)C(C)Br)cccc1[N+](=O)[O-]. The second-order valence-corrected chi connectivity index (χ2v) is 5.62. The van der Waals surface area contributed by atoms with E-state index in [1.807, 2.05) is 13.0 Å². The molecule has 0 saturated carbocycles. The molecule has 0 aliphatic carbocycles. The minimum absolute atomic E-state index is 0.215. The highest BCUT2D eigenvalue weighted by atomic mass is 79.9. The van der Waals surface area contributed by atoms with Gasteiger partial charge in [-0.2, -0.15) is 0 Å². The van der Waals surface area contributed by atoms with Crippen molar-refractivity contribution in [3.05, 3.63) is 39.4 Å². The van der Waals surface area contributed by atoms with Crippen molar-refractivity contribution in [1.82, 2.24) is 0 Å². The van der Waals surface area contributed by atoms with Crippen LogP contribution in [0.5, 0.6) is 0 Å². The first kappa shape index (κ1) is 13.2. The van der Waals surface area contributed by atoms with Crippen LogP contribution in [-0.4, -0.2) is 9.75 Å². The summed E-state index contributed by atoms with van der Waals surface area (Å²) in [5, 5.41) is 10.8. The first-order chi connectivity index (χ1) is 7.43. The lowest BCUT2D eigenvalue weighted by Crippen LogP contribution is -2.11. The summed E-state index contributed by atoms with van der Waals surface area (Å²) in [6, 6.07) is 5.28. The number of nitrogens with zero attached hydrogens (tertiary/aromatic N) is 1. The third kappa shape index (κ3) is 3.04. The van der Waals surface area contributed by atoms with Gasteiger partial charge >= 0.3 is 0 Å². The lowest BCUT2D eigenvalue weighted by molar-refractivity contribution is -0.385. The van der Waals surface area contributed by atoms with Crippen molar-refractivity contribution < 1.29 is 4.92 Å². The van der Waals surface area contributed by atoms with E-state index in [0.29, 0.717) is 10.7 Å². The zero-order chi connectivity index (χ0) is 12.3. The molecule has 0 heterocycles. The molecule has 0 saturated heterocycles. The van der Waals surface area contributed by atoms with Gasteiger partial charge in [-0.05, 0) is 24.8 Å². The summed E-state index contributed by atoms with van der Waals surface area (Å²) in [6.45, 7) is 6.05. The lowest BCUT2D eigenvalue weighted by atomic mass is 9.95. The van der Waals surface area contributed by atoms with E-state index in [1.54, 1.807) is 12.1 Å². The maximum absolute atomic E-state index is 10.8. The number of halogens is 1. The van der Waals surface area contributed by atoms with Crippen LogP contribution in [0.1, 0.15) is 25.0 Å². The number of hydrogen-bond donors (Lipinski definition) is 0. The monoisotopic (exact) mass is 285 g/mol. The number of hydrogen-bond acceptors (Lipinski definition) is 2. The summed E-state index contributed by atoms with van der Waals surface area (Å²) < 4.78 is 0. The van der Waals surface area contributed by atoms with Gasteiger partial charge in [0.2, 0.25) is 0 Å². The number of nitro benzene ring substituents is 1. The Labute approximate surface area is 104 Å². The van der Waals surface area contributed by atoms with Crippen LogP contribution in [0.3, 0.4) is 0 Å². The van der Waals surface area contributed by atoms with E-state index in [9.17, 15) is 10.1 Å². The predicted octanol–water partition coefficient (Wildman–Crippen LogP) is 3.87. The summed E-state index contributed by atoms with van der Waals surface area (Å²) in [7, 11) is 0. The van der Waals surface area contributed by atoms with Gasteiger partial charge in [0.15, 0.2) is 0 Å². The molecular formula is C12H16BrNO2. The van der Waals surface area contributed by atoms with Gasteiger partial charge in [0.05, 0.1) is 4.92 Å². The zero-order valence-electron chi connectivity index (χ0n) is 9.74. The fourth-order valence-corrected chi connectivity index (χ4v) is 1.79. The Morgan fingerprint density at radius 1 is 1.44 bits per heavy atom. The van der Waals surface area contributed by atoms with Crippen molar-refractivity contribution in [2.75, 3.05) is 0 Å². The highest BCUT2D eigenvalue weighted by Crippen LogP contribution is 2.25. The van der Waals surface area contributed by atoms with E-state index in [2.05, 4.69) is 29.8 Å². The maximum atomic E-state index is 10.8. The van der Waals surface area contributed by atoms with Gasteiger partial charge in [-0.3, -0.25) is 10.1 Å². The van der Waals surface area contributed by atoms with Crippen molar-refractivity contribution >= 4 is 21.6 Å². The van der Waals surface area contributed by atoms with E-state index in [-0.39, 0.29) is 10.6 Å². The molecule has 1 aromatic carbocycles. The Morgan fingerprint density at radius 3 is 2.56 bits per heavy atom. The van der Waals surface area contributed by atoms with Gasteiger partial charge in [-0.15, -0.1) is 0 Å². The average Bonchev–Trinajstić information content (AvgIpc) is 2.20. The van der Waals surface area contributed by atoms with E-state index in [1.165, 1.54) is 0 Å². The highest BCUT2D eigenvalue weighted by Gasteiger charge is 2.16. The Morgan fingerprint density at radius 2 is 2.06 bits per heavy atom. The third-order valence-corrected chi connectivity index (χ3v) is 3.84. The van der Waals surface area contributed by atoms with Crippen LogP contribution < -0.4 is 0 Å². The largest absolute Gasteiger partial charge is 0.272 e. The van der Waals surface area contributed by atoms with Crippen LogP contribution in [0.25, 0.3) is 0 Å². The molecular weight excluding hydrogens is 270 g/mol. The van der Waals surface area contributed by atoms with Crippen LogP contribution >= 0.6 is 15.9 Å². The number of alkyl halides is 1. The Kier molecular flexibility index (Phi) is 4.47. The normalized spacial score (nSPS) is 14.5. The van der Waals surface area contributed by atoms with Crippen molar-refractivity contribution in [1.29, 1.82) is 0 Å². The number of rotatable bonds is 4. The van der Waals surface area contributed by atoms with Gasteiger partial charge in [0.25, 0.3) is 5.69 Å². The van der Waals surface area contributed by atoms with Crippen LogP contribution in [0, 0.1) is 23.0 Å². The molecule has 0 fully saturated rings. The minimum Gasteiger partial charge on any atom is -0.258 e. The quantitative estimate of drug-likeness (QED) is 0.479. The zero-order valence-corrected chi connectivity index (χ0v) is 11.3. The molecule has 0 N–H and O–H groups in total.